The number of carbonyl (C=O) groups excluding carboxylic acids is 2. The average Bonchev–Trinajstić information content (AvgIpc) is 3.18. The van der Waals surface area contributed by atoms with Crippen LogP contribution in [-0.4, -0.2) is 56.0 Å². The molecule has 2 aliphatic rings. The number of hydrogen-bond acceptors (Lipinski definition) is 5. The van der Waals surface area contributed by atoms with E-state index in [1.54, 1.807) is 26.2 Å². The Balaban J connectivity index is 1.71. The Labute approximate surface area is 195 Å². The van der Waals surface area contributed by atoms with E-state index in [2.05, 4.69) is 6.92 Å². The summed E-state index contributed by atoms with van der Waals surface area (Å²) in [7, 11) is 4.68. The highest BCUT2D eigenvalue weighted by Gasteiger charge is 2.36. The molecule has 0 unspecified atom stereocenters. The molecule has 0 N–H and O–H groups in total. The topological polar surface area (TPSA) is 68.3 Å². The molecule has 7 heteroatoms. The van der Waals surface area contributed by atoms with E-state index in [9.17, 15) is 9.59 Å². The molecule has 0 aromatic heterocycles. The largest absolute Gasteiger partial charge is 0.493 e. The van der Waals surface area contributed by atoms with Crippen LogP contribution in [0.25, 0.3) is 0 Å². The van der Waals surface area contributed by atoms with E-state index in [4.69, 9.17) is 14.2 Å². The third-order valence-electron chi connectivity index (χ3n) is 6.80. The average molecular weight is 453 g/mol. The van der Waals surface area contributed by atoms with Gasteiger partial charge in [0.1, 0.15) is 0 Å². The first-order valence-corrected chi connectivity index (χ1v) is 11.4. The minimum Gasteiger partial charge on any atom is -0.493 e. The highest BCUT2D eigenvalue weighted by Crippen LogP contribution is 2.43. The molecule has 7 nitrogen and oxygen atoms in total. The normalized spacial score (nSPS) is 17.0. The first-order valence-electron chi connectivity index (χ1n) is 11.4. The molecule has 0 aliphatic carbocycles. The van der Waals surface area contributed by atoms with Crippen LogP contribution in [0.15, 0.2) is 36.4 Å². The van der Waals surface area contributed by atoms with Crippen molar-refractivity contribution in [3.05, 3.63) is 53.1 Å². The van der Waals surface area contributed by atoms with Crippen molar-refractivity contribution in [2.45, 2.75) is 38.8 Å². The fourth-order valence-electron chi connectivity index (χ4n) is 4.78. The Morgan fingerprint density at radius 1 is 1.03 bits per heavy atom. The summed E-state index contributed by atoms with van der Waals surface area (Å²) in [4.78, 5) is 30.4. The van der Waals surface area contributed by atoms with Gasteiger partial charge in [-0.25, -0.2) is 0 Å². The third-order valence-corrected chi connectivity index (χ3v) is 6.80. The van der Waals surface area contributed by atoms with Gasteiger partial charge in [0, 0.05) is 25.2 Å². The van der Waals surface area contributed by atoms with Gasteiger partial charge in [-0.3, -0.25) is 9.59 Å². The number of methoxy groups -OCH3 is 3. The lowest BCUT2D eigenvalue weighted by Gasteiger charge is -2.34. The van der Waals surface area contributed by atoms with E-state index in [0.717, 1.165) is 37.1 Å². The maximum Gasteiger partial charge on any atom is 0.255 e. The number of ether oxygens (including phenoxy) is 3. The smallest absolute Gasteiger partial charge is 0.255 e. The molecule has 0 bridgehead atoms. The van der Waals surface area contributed by atoms with Gasteiger partial charge in [0.15, 0.2) is 11.5 Å². The summed E-state index contributed by atoms with van der Waals surface area (Å²) >= 11 is 0. The van der Waals surface area contributed by atoms with Crippen LogP contribution in [0.3, 0.4) is 0 Å². The van der Waals surface area contributed by atoms with E-state index < -0.39 is 6.04 Å². The minimum absolute atomic E-state index is 0.0596. The van der Waals surface area contributed by atoms with Crippen LogP contribution in [0.1, 0.15) is 53.7 Å². The molecule has 2 heterocycles. The van der Waals surface area contributed by atoms with Gasteiger partial charge in [-0.05, 0) is 48.1 Å². The summed E-state index contributed by atoms with van der Waals surface area (Å²) in [6.45, 7) is 4.20. The molecule has 1 fully saturated rings. The van der Waals surface area contributed by atoms with Gasteiger partial charge in [-0.1, -0.05) is 25.1 Å². The first kappa shape index (κ1) is 23.0. The van der Waals surface area contributed by atoms with Crippen molar-refractivity contribution in [1.29, 1.82) is 0 Å². The molecule has 176 valence electrons. The van der Waals surface area contributed by atoms with Crippen molar-refractivity contribution in [2.24, 2.45) is 5.92 Å². The summed E-state index contributed by atoms with van der Waals surface area (Å²) in [5.74, 6) is 2.11. The van der Waals surface area contributed by atoms with E-state index in [1.807, 2.05) is 41.3 Å². The number of rotatable bonds is 7. The van der Waals surface area contributed by atoms with E-state index >= 15 is 0 Å². The van der Waals surface area contributed by atoms with Gasteiger partial charge >= 0.3 is 0 Å². The van der Waals surface area contributed by atoms with Crippen LogP contribution in [0.5, 0.6) is 17.2 Å². The molecule has 0 radical (unpaired) electrons. The molecule has 2 aromatic rings. The molecule has 1 atom stereocenters. The molecule has 1 saturated heterocycles. The van der Waals surface area contributed by atoms with Crippen LogP contribution in [0.4, 0.5) is 0 Å². The Morgan fingerprint density at radius 2 is 1.67 bits per heavy atom. The number of carbonyl (C=O) groups is 2. The Kier molecular flexibility index (Phi) is 6.77. The van der Waals surface area contributed by atoms with Gasteiger partial charge < -0.3 is 24.0 Å². The van der Waals surface area contributed by atoms with Crippen molar-refractivity contribution >= 4 is 11.8 Å². The zero-order valence-corrected chi connectivity index (χ0v) is 19.8. The van der Waals surface area contributed by atoms with E-state index in [0.29, 0.717) is 35.3 Å². The van der Waals surface area contributed by atoms with Gasteiger partial charge in [-0.15, -0.1) is 0 Å². The number of piperidine rings is 1. The zero-order valence-electron chi connectivity index (χ0n) is 19.8. The lowest BCUT2D eigenvalue weighted by molar-refractivity contribution is -0.133. The Hall–Kier alpha value is -3.22. The molecule has 2 aliphatic heterocycles. The summed E-state index contributed by atoms with van der Waals surface area (Å²) in [6.07, 6.45) is 2.22. The second kappa shape index (κ2) is 9.73. The second-order valence-electron chi connectivity index (χ2n) is 8.83. The first-order chi connectivity index (χ1) is 16.0. The monoisotopic (exact) mass is 452 g/mol. The summed E-state index contributed by atoms with van der Waals surface area (Å²) in [6, 6.07) is 10.8. The van der Waals surface area contributed by atoms with E-state index in [-0.39, 0.29) is 18.2 Å². The highest BCUT2D eigenvalue weighted by atomic mass is 16.5. The quantitative estimate of drug-likeness (QED) is 0.634. The van der Waals surface area contributed by atoms with E-state index in [1.165, 1.54) is 0 Å². The lowest BCUT2D eigenvalue weighted by atomic mass is 9.96. The van der Waals surface area contributed by atoms with Gasteiger partial charge in [0.2, 0.25) is 11.7 Å². The fraction of sp³-hybridized carbons (Fsp3) is 0.462. The van der Waals surface area contributed by atoms with Crippen molar-refractivity contribution in [1.82, 2.24) is 9.80 Å². The zero-order chi connectivity index (χ0) is 23.5. The summed E-state index contributed by atoms with van der Waals surface area (Å²) < 4.78 is 16.6. The molecule has 0 spiro atoms. The van der Waals surface area contributed by atoms with Gasteiger partial charge in [-0.2, -0.15) is 0 Å². The summed E-state index contributed by atoms with van der Waals surface area (Å²) in [5.41, 5.74) is 2.44. The molecular weight excluding hydrogens is 420 g/mol. The van der Waals surface area contributed by atoms with Crippen molar-refractivity contribution in [3.63, 3.8) is 0 Å². The fourth-order valence-corrected chi connectivity index (χ4v) is 4.78. The van der Waals surface area contributed by atoms with Crippen LogP contribution in [0.2, 0.25) is 0 Å². The SMILES string of the molecule is COc1cc([C@H](CC(=O)N2CCC(C)CC2)N2Cc3ccccc3C2=O)cc(OC)c1OC. The minimum atomic E-state index is -0.453. The maximum absolute atomic E-state index is 13.4. The molecular formula is C26H32N2O5. The predicted molar refractivity (Wildman–Crippen MR) is 125 cm³/mol. The Morgan fingerprint density at radius 3 is 2.24 bits per heavy atom. The third kappa shape index (κ3) is 4.49. The van der Waals surface area contributed by atoms with Crippen LogP contribution in [0, 0.1) is 5.92 Å². The maximum atomic E-state index is 13.4. The lowest BCUT2D eigenvalue weighted by Crippen LogP contribution is -2.40. The second-order valence-corrected chi connectivity index (χ2v) is 8.83. The Bertz CT molecular complexity index is 1000. The number of hydrogen-bond donors (Lipinski definition) is 0. The number of likely N-dealkylation sites (tertiary alicyclic amines) is 1. The number of amides is 2. The number of benzene rings is 2. The predicted octanol–water partition coefficient (Wildman–Crippen LogP) is 4.06. The van der Waals surface area contributed by atoms with Crippen molar-refractivity contribution < 1.29 is 23.8 Å². The van der Waals surface area contributed by atoms with Crippen LogP contribution in [-0.2, 0) is 11.3 Å². The molecule has 33 heavy (non-hydrogen) atoms. The molecule has 4 rings (SSSR count). The molecule has 2 aromatic carbocycles. The van der Waals surface area contributed by atoms with Crippen LogP contribution >= 0.6 is 0 Å². The van der Waals surface area contributed by atoms with Crippen molar-refractivity contribution in [2.75, 3.05) is 34.4 Å². The molecule has 0 saturated carbocycles. The van der Waals surface area contributed by atoms with Crippen LogP contribution < -0.4 is 14.2 Å². The standard InChI is InChI=1S/C26H32N2O5/c1-17-9-11-27(12-10-17)24(29)15-21(28-16-18-7-5-6-8-20(18)26(28)30)19-13-22(31-2)25(33-4)23(14-19)32-3/h5-8,13-14,17,21H,9-12,15-16H2,1-4H3/t21-/m0/s1. The number of nitrogens with zero attached hydrogens (tertiary/aromatic N) is 2. The molecule has 2 amide bonds. The van der Waals surface area contributed by atoms with Gasteiger partial charge in [0.25, 0.3) is 5.91 Å². The highest BCUT2D eigenvalue weighted by molar-refractivity contribution is 5.99. The summed E-state index contributed by atoms with van der Waals surface area (Å²) in [5, 5.41) is 0. The van der Waals surface area contributed by atoms with Gasteiger partial charge in [0.05, 0.1) is 33.8 Å². The number of fused-ring (bicyclic) bond motifs is 1. The van der Waals surface area contributed by atoms with Crippen molar-refractivity contribution in [3.8, 4) is 17.2 Å².